The molecule has 2 unspecified atom stereocenters. The zero-order valence-corrected chi connectivity index (χ0v) is 22.2. The topological polar surface area (TPSA) is 74.8 Å². The molecular formula is C26H37IN4O2. The summed E-state index contributed by atoms with van der Waals surface area (Å²) >= 11 is 0. The number of halogens is 1. The van der Waals surface area contributed by atoms with Crippen LogP contribution >= 0.6 is 24.0 Å². The van der Waals surface area contributed by atoms with Crippen LogP contribution in [0.25, 0.3) is 0 Å². The number of amides is 1. The lowest BCUT2D eigenvalue weighted by atomic mass is 9.89. The van der Waals surface area contributed by atoms with Crippen LogP contribution in [0.5, 0.6) is 0 Å². The number of nitrogens with one attached hydrogen (secondary N) is 3. The van der Waals surface area contributed by atoms with Crippen LogP contribution in [0.1, 0.15) is 52.9 Å². The molecule has 2 atom stereocenters. The second kappa shape index (κ2) is 14.2. The molecule has 7 heteroatoms. The van der Waals surface area contributed by atoms with Crippen molar-refractivity contribution in [3.05, 3.63) is 70.8 Å². The number of carbonyl (C=O) groups is 1. The monoisotopic (exact) mass is 564 g/mol. The first kappa shape index (κ1) is 27.1. The predicted molar refractivity (Wildman–Crippen MR) is 146 cm³/mol. The Morgan fingerprint density at radius 1 is 1.15 bits per heavy atom. The number of benzene rings is 2. The summed E-state index contributed by atoms with van der Waals surface area (Å²) in [6.07, 6.45) is 3.11. The zero-order chi connectivity index (χ0) is 22.8. The van der Waals surface area contributed by atoms with Gasteiger partial charge in [-0.05, 0) is 56.4 Å². The van der Waals surface area contributed by atoms with Crippen molar-refractivity contribution >= 4 is 35.8 Å². The number of rotatable bonds is 8. The average molecular weight is 565 g/mol. The minimum absolute atomic E-state index is 0. The van der Waals surface area contributed by atoms with Crippen LogP contribution in [0, 0.1) is 12.8 Å². The summed E-state index contributed by atoms with van der Waals surface area (Å²) in [7, 11) is 1.65. The Bertz CT molecular complexity index is 901. The van der Waals surface area contributed by atoms with Gasteiger partial charge in [-0.3, -0.25) is 9.79 Å². The molecule has 0 saturated carbocycles. The fourth-order valence-electron chi connectivity index (χ4n) is 4.04. The molecule has 2 aromatic carbocycles. The zero-order valence-electron chi connectivity index (χ0n) is 19.9. The van der Waals surface area contributed by atoms with Gasteiger partial charge >= 0.3 is 0 Å². The summed E-state index contributed by atoms with van der Waals surface area (Å²) in [6, 6.07) is 16.4. The first-order valence-electron chi connectivity index (χ1n) is 11.6. The molecule has 180 valence electrons. The van der Waals surface area contributed by atoms with E-state index in [4.69, 9.17) is 9.73 Å². The lowest BCUT2D eigenvalue weighted by Gasteiger charge is -2.31. The summed E-state index contributed by atoms with van der Waals surface area (Å²) in [5, 5.41) is 9.45. The van der Waals surface area contributed by atoms with Gasteiger partial charge < -0.3 is 20.7 Å². The molecule has 2 aromatic rings. The van der Waals surface area contributed by atoms with E-state index in [1.807, 2.05) is 24.3 Å². The number of hydrogen-bond donors (Lipinski definition) is 3. The fraction of sp³-hybridized carbons (Fsp3) is 0.462. The highest BCUT2D eigenvalue weighted by Crippen LogP contribution is 2.33. The quantitative estimate of drug-likeness (QED) is 0.255. The maximum Gasteiger partial charge on any atom is 0.251 e. The average Bonchev–Trinajstić information content (AvgIpc) is 2.83. The lowest BCUT2D eigenvalue weighted by molar-refractivity contribution is -0.0250. The SMILES string of the molecule is CCNC(=NCC1CCCOC1c1ccc(C)cc1)NCCc1cccc(C(=O)NC)c1.I. The molecule has 0 aromatic heterocycles. The van der Waals surface area contributed by atoms with Crippen LogP contribution in [0.4, 0.5) is 0 Å². The number of aryl methyl sites for hydroxylation is 1. The Labute approximate surface area is 215 Å². The second-order valence-electron chi connectivity index (χ2n) is 8.28. The molecule has 1 amide bonds. The van der Waals surface area contributed by atoms with Gasteiger partial charge in [0.15, 0.2) is 5.96 Å². The first-order chi connectivity index (χ1) is 15.6. The highest BCUT2D eigenvalue weighted by molar-refractivity contribution is 14.0. The third kappa shape index (κ3) is 8.30. The Kier molecular flexibility index (Phi) is 11.7. The molecule has 1 fully saturated rings. The number of ether oxygens (including phenoxy) is 1. The van der Waals surface area contributed by atoms with Crippen molar-refractivity contribution in [1.29, 1.82) is 0 Å². The number of hydrogen-bond acceptors (Lipinski definition) is 3. The van der Waals surface area contributed by atoms with E-state index in [2.05, 4.69) is 54.1 Å². The molecule has 1 aliphatic heterocycles. The van der Waals surface area contributed by atoms with E-state index >= 15 is 0 Å². The van der Waals surface area contributed by atoms with Crippen LogP contribution < -0.4 is 16.0 Å². The van der Waals surface area contributed by atoms with E-state index in [0.717, 1.165) is 57.0 Å². The Balaban J connectivity index is 0.00000385. The van der Waals surface area contributed by atoms with Crippen molar-refractivity contribution in [2.75, 3.05) is 33.3 Å². The predicted octanol–water partition coefficient (Wildman–Crippen LogP) is 4.24. The van der Waals surface area contributed by atoms with Crippen LogP contribution in [0.3, 0.4) is 0 Å². The molecule has 1 saturated heterocycles. The fourth-order valence-corrected chi connectivity index (χ4v) is 4.04. The van der Waals surface area contributed by atoms with E-state index in [1.165, 1.54) is 11.1 Å². The van der Waals surface area contributed by atoms with E-state index in [0.29, 0.717) is 11.5 Å². The van der Waals surface area contributed by atoms with Gasteiger partial charge in [0, 0.05) is 44.8 Å². The summed E-state index contributed by atoms with van der Waals surface area (Å²) in [6.45, 7) is 7.26. The summed E-state index contributed by atoms with van der Waals surface area (Å²) in [5.41, 5.74) is 4.31. The molecule has 1 heterocycles. The lowest BCUT2D eigenvalue weighted by Crippen LogP contribution is -2.39. The standard InChI is InChI=1S/C26H36N4O2.HI/c1-4-28-26(29-15-14-20-7-5-8-22(17-20)25(31)27-3)30-18-23-9-6-16-32-24(23)21-12-10-19(2)11-13-21;/h5,7-8,10-13,17,23-24H,4,6,9,14-16,18H2,1-3H3,(H,27,31)(H2,28,29,30);1H. The highest BCUT2D eigenvalue weighted by atomic mass is 127. The highest BCUT2D eigenvalue weighted by Gasteiger charge is 2.27. The Hall–Kier alpha value is -2.13. The van der Waals surface area contributed by atoms with Crippen molar-refractivity contribution < 1.29 is 9.53 Å². The van der Waals surface area contributed by atoms with Crippen LogP contribution in [0.15, 0.2) is 53.5 Å². The number of carbonyl (C=O) groups excluding carboxylic acids is 1. The molecule has 33 heavy (non-hydrogen) atoms. The first-order valence-corrected chi connectivity index (χ1v) is 11.6. The molecule has 0 aliphatic carbocycles. The maximum atomic E-state index is 11.8. The molecule has 0 radical (unpaired) electrons. The van der Waals surface area contributed by atoms with Gasteiger partial charge in [0.05, 0.1) is 6.10 Å². The smallest absolute Gasteiger partial charge is 0.251 e. The molecule has 6 nitrogen and oxygen atoms in total. The van der Waals surface area contributed by atoms with Crippen LogP contribution in [-0.4, -0.2) is 45.2 Å². The molecular weight excluding hydrogens is 527 g/mol. The normalized spacial score (nSPS) is 18.2. The molecule has 1 aliphatic rings. The van der Waals surface area contributed by atoms with Gasteiger partial charge in [0.1, 0.15) is 0 Å². The van der Waals surface area contributed by atoms with Gasteiger partial charge in [-0.25, -0.2) is 0 Å². The van der Waals surface area contributed by atoms with E-state index < -0.39 is 0 Å². The number of guanidine groups is 1. The summed E-state index contributed by atoms with van der Waals surface area (Å²) in [5.74, 6) is 1.13. The number of nitrogens with zero attached hydrogens (tertiary/aromatic N) is 1. The molecule has 0 spiro atoms. The van der Waals surface area contributed by atoms with Gasteiger partial charge in [-0.1, -0.05) is 42.0 Å². The van der Waals surface area contributed by atoms with Crippen molar-refractivity contribution in [1.82, 2.24) is 16.0 Å². The van der Waals surface area contributed by atoms with Gasteiger partial charge in [-0.2, -0.15) is 0 Å². The summed E-state index contributed by atoms with van der Waals surface area (Å²) in [4.78, 5) is 16.7. The van der Waals surface area contributed by atoms with Gasteiger partial charge in [-0.15, -0.1) is 24.0 Å². The van der Waals surface area contributed by atoms with Gasteiger partial charge in [0.2, 0.25) is 0 Å². The Morgan fingerprint density at radius 2 is 1.94 bits per heavy atom. The minimum atomic E-state index is -0.0625. The second-order valence-corrected chi connectivity index (χ2v) is 8.28. The largest absolute Gasteiger partial charge is 0.373 e. The molecule has 3 N–H and O–H groups in total. The van der Waals surface area contributed by atoms with Crippen molar-refractivity contribution in [2.24, 2.45) is 10.9 Å². The van der Waals surface area contributed by atoms with Crippen molar-refractivity contribution in [2.45, 2.75) is 39.2 Å². The van der Waals surface area contributed by atoms with Crippen LogP contribution in [0.2, 0.25) is 0 Å². The van der Waals surface area contributed by atoms with E-state index in [1.54, 1.807) is 7.05 Å². The summed E-state index contributed by atoms with van der Waals surface area (Å²) < 4.78 is 6.14. The minimum Gasteiger partial charge on any atom is -0.373 e. The van der Waals surface area contributed by atoms with Crippen LogP contribution in [-0.2, 0) is 11.2 Å². The van der Waals surface area contributed by atoms with Crippen molar-refractivity contribution in [3.63, 3.8) is 0 Å². The van der Waals surface area contributed by atoms with Gasteiger partial charge in [0.25, 0.3) is 5.91 Å². The third-order valence-corrected chi connectivity index (χ3v) is 5.80. The molecule has 0 bridgehead atoms. The van der Waals surface area contributed by atoms with E-state index in [-0.39, 0.29) is 36.0 Å². The van der Waals surface area contributed by atoms with Crippen molar-refractivity contribution in [3.8, 4) is 0 Å². The maximum absolute atomic E-state index is 11.8. The third-order valence-electron chi connectivity index (χ3n) is 5.80. The van der Waals surface area contributed by atoms with E-state index in [9.17, 15) is 4.79 Å². The Morgan fingerprint density at radius 3 is 2.67 bits per heavy atom. The number of aliphatic imine (C=N–C) groups is 1. The molecule has 3 rings (SSSR count).